The van der Waals surface area contributed by atoms with Gasteiger partial charge in [0.15, 0.2) is 6.61 Å². The number of nitrogens with zero attached hydrogens (tertiary/aromatic N) is 1. The SMILES string of the molecule is Cc1ccc(NC(=O)COC(=O)CNC(=O)C2CCCCC2)cc1S(=O)(=O)N(C)C. The maximum absolute atomic E-state index is 12.4. The third-order valence-corrected chi connectivity index (χ3v) is 6.93. The van der Waals surface area contributed by atoms with Crippen molar-refractivity contribution in [1.29, 1.82) is 0 Å². The number of carbonyl (C=O) groups is 3. The molecule has 9 nitrogen and oxygen atoms in total. The van der Waals surface area contributed by atoms with E-state index in [0.717, 1.165) is 36.4 Å². The number of ether oxygens (including phenoxy) is 1. The van der Waals surface area contributed by atoms with Crippen LogP contribution in [-0.4, -0.2) is 57.8 Å². The zero-order chi connectivity index (χ0) is 22.3. The second kappa shape index (κ2) is 10.5. The van der Waals surface area contributed by atoms with E-state index in [1.54, 1.807) is 19.1 Å². The Labute approximate surface area is 177 Å². The highest BCUT2D eigenvalue weighted by Crippen LogP contribution is 2.24. The minimum absolute atomic E-state index is 0.0657. The average Bonchev–Trinajstić information content (AvgIpc) is 2.72. The van der Waals surface area contributed by atoms with Crippen molar-refractivity contribution in [2.45, 2.75) is 43.9 Å². The van der Waals surface area contributed by atoms with E-state index >= 15 is 0 Å². The van der Waals surface area contributed by atoms with Gasteiger partial charge in [0.1, 0.15) is 6.54 Å². The smallest absolute Gasteiger partial charge is 0.325 e. The molecule has 0 spiro atoms. The molecule has 1 saturated carbocycles. The number of rotatable bonds is 8. The fourth-order valence-corrected chi connectivity index (χ4v) is 4.36. The molecule has 2 rings (SSSR count). The normalized spacial score (nSPS) is 14.9. The Balaban J connectivity index is 1.83. The molecule has 1 aromatic carbocycles. The Hall–Kier alpha value is -2.46. The Morgan fingerprint density at radius 3 is 2.43 bits per heavy atom. The highest BCUT2D eigenvalue weighted by atomic mass is 32.2. The van der Waals surface area contributed by atoms with Gasteiger partial charge in [-0.05, 0) is 37.5 Å². The van der Waals surface area contributed by atoms with Crippen LogP contribution in [0.25, 0.3) is 0 Å². The summed E-state index contributed by atoms with van der Waals surface area (Å²) in [6.07, 6.45) is 4.81. The van der Waals surface area contributed by atoms with E-state index in [1.807, 2.05) is 0 Å². The van der Waals surface area contributed by atoms with Crippen molar-refractivity contribution in [3.63, 3.8) is 0 Å². The summed E-state index contributed by atoms with van der Waals surface area (Å²) in [6, 6.07) is 4.50. The molecule has 0 bridgehead atoms. The largest absolute Gasteiger partial charge is 0.454 e. The summed E-state index contributed by atoms with van der Waals surface area (Å²) in [5.74, 6) is -1.55. The molecule has 2 N–H and O–H groups in total. The zero-order valence-electron chi connectivity index (χ0n) is 17.6. The first-order valence-electron chi connectivity index (χ1n) is 9.87. The number of nitrogens with one attached hydrogen (secondary N) is 2. The van der Waals surface area contributed by atoms with Crippen molar-refractivity contribution in [2.24, 2.45) is 5.92 Å². The van der Waals surface area contributed by atoms with E-state index in [9.17, 15) is 22.8 Å². The van der Waals surface area contributed by atoms with Crippen LogP contribution in [0.3, 0.4) is 0 Å². The first-order valence-corrected chi connectivity index (χ1v) is 11.3. The van der Waals surface area contributed by atoms with Crippen LogP contribution >= 0.6 is 0 Å². The minimum Gasteiger partial charge on any atom is -0.454 e. The summed E-state index contributed by atoms with van der Waals surface area (Å²) in [5, 5.41) is 5.06. The van der Waals surface area contributed by atoms with Crippen LogP contribution in [0.2, 0.25) is 0 Å². The Bertz CT molecular complexity index is 892. The minimum atomic E-state index is -3.66. The molecule has 1 fully saturated rings. The van der Waals surface area contributed by atoms with Crippen LogP contribution in [0.4, 0.5) is 5.69 Å². The fraction of sp³-hybridized carbons (Fsp3) is 0.550. The van der Waals surface area contributed by atoms with Gasteiger partial charge in [-0.1, -0.05) is 25.3 Å². The van der Waals surface area contributed by atoms with Crippen LogP contribution in [0.15, 0.2) is 23.1 Å². The summed E-state index contributed by atoms with van der Waals surface area (Å²) in [4.78, 5) is 35.9. The highest BCUT2D eigenvalue weighted by Gasteiger charge is 2.22. The molecular weight excluding hydrogens is 410 g/mol. The molecule has 166 valence electrons. The van der Waals surface area contributed by atoms with Crippen LogP contribution in [0.5, 0.6) is 0 Å². The van der Waals surface area contributed by atoms with Gasteiger partial charge < -0.3 is 15.4 Å². The van der Waals surface area contributed by atoms with Gasteiger partial charge in [0.2, 0.25) is 15.9 Å². The van der Waals surface area contributed by atoms with Crippen LogP contribution < -0.4 is 10.6 Å². The zero-order valence-corrected chi connectivity index (χ0v) is 18.4. The lowest BCUT2D eigenvalue weighted by atomic mass is 9.89. The predicted octanol–water partition coefficient (Wildman–Crippen LogP) is 1.42. The number of anilines is 1. The molecule has 0 radical (unpaired) electrons. The van der Waals surface area contributed by atoms with Crippen molar-refractivity contribution >= 4 is 33.5 Å². The molecule has 0 unspecified atom stereocenters. The van der Waals surface area contributed by atoms with E-state index in [1.165, 1.54) is 20.2 Å². The summed E-state index contributed by atoms with van der Waals surface area (Å²) in [6.45, 7) is 0.825. The van der Waals surface area contributed by atoms with Crippen molar-refractivity contribution in [1.82, 2.24) is 9.62 Å². The first kappa shape index (κ1) is 23.8. The fourth-order valence-electron chi connectivity index (χ4n) is 3.21. The predicted molar refractivity (Wildman–Crippen MR) is 111 cm³/mol. The number of esters is 1. The maximum atomic E-state index is 12.4. The lowest BCUT2D eigenvalue weighted by Gasteiger charge is -2.20. The van der Waals surface area contributed by atoms with Gasteiger partial charge in [-0.3, -0.25) is 14.4 Å². The van der Waals surface area contributed by atoms with E-state index in [-0.39, 0.29) is 29.0 Å². The molecule has 2 amide bonds. The second-order valence-corrected chi connectivity index (χ2v) is 9.65. The maximum Gasteiger partial charge on any atom is 0.325 e. The number of benzene rings is 1. The molecule has 0 aromatic heterocycles. The number of amides is 2. The molecule has 0 aliphatic heterocycles. The van der Waals surface area contributed by atoms with Gasteiger partial charge in [-0.15, -0.1) is 0 Å². The van der Waals surface area contributed by atoms with Gasteiger partial charge in [0.05, 0.1) is 4.90 Å². The first-order chi connectivity index (χ1) is 14.1. The Kier molecular flexibility index (Phi) is 8.36. The molecule has 10 heteroatoms. The van der Waals surface area contributed by atoms with Crippen molar-refractivity contribution in [3.8, 4) is 0 Å². The third kappa shape index (κ3) is 6.53. The number of sulfonamides is 1. The molecule has 30 heavy (non-hydrogen) atoms. The van der Waals surface area contributed by atoms with Crippen molar-refractivity contribution < 1.29 is 27.5 Å². The van der Waals surface area contributed by atoms with E-state index in [4.69, 9.17) is 4.74 Å². The molecule has 0 atom stereocenters. The molecule has 1 aliphatic carbocycles. The van der Waals surface area contributed by atoms with Crippen LogP contribution in [0, 0.1) is 12.8 Å². The van der Waals surface area contributed by atoms with E-state index in [0.29, 0.717) is 5.56 Å². The van der Waals surface area contributed by atoms with Gasteiger partial charge in [0.25, 0.3) is 5.91 Å². The lowest BCUT2D eigenvalue weighted by Crippen LogP contribution is -2.36. The van der Waals surface area contributed by atoms with Crippen molar-refractivity contribution in [3.05, 3.63) is 23.8 Å². The topological polar surface area (TPSA) is 122 Å². The third-order valence-electron chi connectivity index (χ3n) is 4.98. The van der Waals surface area contributed by atoms with Gasteiger partial charge in [-0.25, -0.2) is 12.7 Å². The van der Waals surface area contributed by atoms with Crippen molar-refractivity contribution in [2.75, 3.05) is 32.6 Å². The lowest BCUT2D eigenvalue weighted by molar-refractivity contribution is -0.147. The second-order valence-electron chi connectivity index (χ2n) is 7.53. The molecule has 0 saturated heterocycles. The van der Waals surface area contributed by atoms with E-state index in [2.05, 4.69) is 10.6 Å². The standard InChI is InChI=1S/C20H29N3O6S/c1-14-9-10-16(11-17(14)30(27,28)23(2)3)22-18(24)13-29-19(25)12-21-20(26)15-7-5-4-6-8-15/h9-11,15H,4-8,12-13H2,1-3H3,(H,21,26)(H,22,24). The van der Waals surface area contributed by atoms with Gasteiger partial charge in [-0.2, -0.15) is 0 Å². The van der Waals surface area contributed by atoms with Crippen LogP contribution in [0.1, 0.15) is 37.7 Å². The van der Waals surface area contributed by atoms with Gasteiger partial charge >= 0.3 is 5.97 Å². The summed E-state index contributed by atoms with van der Waals surface area (Å²) in [7, 11) is -0.814. The number of aryl methyl sites for hydroxylation is 1. The monoisotopic (exact) mass is 439 g/mol. The van der Waals surface area contributed by atoms with E-state index < -0.39 is 28.5 Å². The quantitative estimate of drug-likeness (QED) is 0.591. The summed E-state index contributed by atoms with van der Waals surface area (Å²) < 4.78 is 30.7. The molecule has 0 heterocycles. The summed E-state index contributed by atoms with van der Waals surface area (Å²) >= 11 is 0. The number of hydrogen-bond acceptors (Lipinski definition) is 6. The highest BCUT2D eigenvalue weighted by molar-refractivity contribution is 7.89. The molecule has 1 aliphatic rings. The van der Waals surface area contributed by atoms with Crippen LogP contribution in [-0.2, 0) is 29.1 Å². The Morgan fingerprint density at radius 2 is 1.80 bits per heavy atom. The summed E-state index contributed by atoms with van der Waals surface area (Å²) in [5.41, 5.74) is 0.814. The van der Waals surface area contributed by atoms with Gasteiger partial charge in [0, 0.05) is 25.7 Å². The number of carbonyl (C=O) groups excluding carboxylic acids is 3. The molecular formula is C20H29N3O6S. The average molecular weight is 440 g/mol. The molecule has 1 aromatic rings. The number of hydrogen-bond donors (Lipinski definition) is 2. The Morgan fingerprint density at radius 1 is 1.13 bits per heavy atom.